The summed E-state index contributed by atoms with van der Waals surface area (Å²) in [7, 11) is 0. The summed E-state index contributed by atoms with van der Waals surface area (Å²) in [6.45, 7) is 4.50. The topological polar surface area (TPSA) is 19.4 Å². The highest BCUT2D eigenvalue weighted by Gasteiger charge is 2.49. The Hall–Kier alpha value is -8.87. The highest BCUT2D eigenvalue weighted by molar-refractivity contribution is 7.03. The molecule has 2 saturated carbocycles. The molecule has 0 radical (unpaired) electrons. The largest absolute Gasteiger partial charge is 0.365 e. The van der Waals surface area contributed by atoms with Crippen LogP contribution in [0.25, 0.3) is 0 Å². The Bertz CT molecular complexity index is 4020. The Balaban J connectivity index is 1.01. The third-order valence-corrected chi connectivity index (χ3v) is 19.2. The number of benzene rings is 10. The van der Waals surface area contributed by atoms with Crippen molar-refractivity contribution in [2.45, 2.75) is 96.2 Å². The van der Waals surface area contributed by atoms with Gasteiger partial charge in [0.05, 0.1) is 0 Å². The lowest BCUT2D eigenvalue weighted by atomic mass is 9.30. The van der Waals surface area contributed by atoms with Gasteiger partial charge < -0.3 is 29.4 Å². The molecule has 2 fully saturated rings. The van der Waals surface area contributed by atoms with Gasteiger partial charge in [-0.2, -0.15) is 0 Å². The quantitative estimate of drug-likeness (QED) is 0.126. The number of fused-ring (bicyclic) bond motifs is 8. The lowest BCUT2D eigenvalue weighted by Crippen LogP contribution is -2.65. The molecule has 16 rings (SSSR count). The highest BCUT2D eigenvalue weighted by Crippen LogP contribution is 2.51. The minimum atomic E-state index is -0.0812. The zero-order valence-corrected chi connectivity index (χ0v) is 47.7. The summed E-state index contributed by atoms with van der Waals surface area (Å²) >= 11 is 0. The van der Waals surface area contributed by atoms with Crippen molar-refractivity contribution >= 4 is 132 Å². The van der Waals surface area contributed by atoms with E-state index in [4.69, 9.17) is 0 Å². The van der Waals surface area contributed by atoms with Crippen LogP contribution in [0.2, 0.25) is 0 Å². The smallest absolute Gasteiger partial charge is 0.252 e. The summed E-state index contributed by atoms with van der Waals surface area (Å²) in [5.41, 5.74) is 26.2. The summed E-state index contributed by atoms with van der Waals surface area (Å²) in [4.78, 5) is 15.9. The zero-order chi connectivity index (χ0) is 55.1. The van der Waals surface area contributed by atoms with Crippen molar-refractivity contribution < 1.29 is 0 Å². The Morgan fingerprint density at radius 2 is 0.651 bits per heavy atom. The predicted octanol–water partition coefficient (Wildman–Crippen LogP) is 15.9. The van der Waals surface area contributed by atoms with Crippen molar-refractivity contribution in [1.82, 2.24) is 0 Å². The molecular formula is C75H68B2N6. The molecule has 2 aliphatic carbocycles. The van der Waals surface area contributed by atoms with E-state index in [1.807, 2.05) is 0 Å². The van der Waals surface area contributed by atoms with Crippen LogP contribution in [-0.2, 0) is 0 Å². The Morgan fingerprint density at radius 3 is 1.04 bits per heavy atom. The van der Waals surface area contributed by atoms with Crippen LogP contribution in [0.5, 0.6) is 0 Å². The molecule has 0 unspecified atom stereocenters. The average Bonchev–Trinajstić information content (AvgIpc) is 1.10. The van der Waals surface area contributed by atoms with Crippen LogP contribution in [-0.4, -0.2) is 31.6 Å². The molecular weight excluding hydrogens is 1010 g/mol. The molecule has 10 aromatic carbocycles. The molecule has 0 saturated heterocycles. The van der Waals surface area contributed by atoms with Gasteiger partial charge in [0.25, 0.3) is 13.4 Å². The van der Waals surface area contributed by atoms with Crippen molar-refractivity contribution in [3.05, 3.63) is 237 Å². The fourth-order valence-corrected chi connectivity index (χ4v) is 15.8. The van der Waals surface area contributed by atoms with Crippen LogP contribution < -0.4 is 62.2 Å². The molecule has 0 amide bonds. The first kappa shape index (κ1) is 49.9. The fourth-order valence-electron chi connectivity index (χ4n) is 15.8. The zero-order valence-electron chi connectivity index (χ0n) is 47.7. The van der Waals surface area contributed by atoms with Gasteiger partial charge in [-0.3, -0.25) is 0 Å². The number of nitrogens with zero attached hydrogens (tertiary/aromatic N) is 6. The number of rotatable bonds is 10. The number of hydrogen-bond acceptors (Lipinski definition) is 6. The Morgan fingerprint density at radius 1 is 0.313 bits per heavy atom. The Kier molecular flexibility index (Phi) is 12.3. The highest BCUT2D eigenvalue weighted by atomic mass is 15.2. The monoisotopic (exact) mass is 1070 g/mol. The standard InChI is InChI=1S/C75H68B2N6/c1-52(2)78(53-28-10-3-11-29-53)60-46-70-74-72(47-60)82(58-38-20-8-21-39-58)68-51-69-65(50-64(68)76(74)62-42-24-26-44-66(62)80(70)56-34-16-6-17-35-56)77-63-43-25-27-45-67(63)81(57-36-18-7-19-37-57)71-48-61(49-73(75(71)77)83(69)59-40-22-9-23-41-59)79(54-30-12-4-13-31-54)55-32-14-5-15-33-55/h3,6-11,16-29,34-52,54-55H,4-5,12-15,30-33H2,1-2H3. The minimum Gasteiger partial charge on any atom is -0.365 e. The molecule has 83 heavy (non-hydrogen) atoms. The lowest BCUT2D eigenvalue weighted by molar-refractivity contribution is 0.340. The van der Waals surface area contributed by atoms with Crippen molar-refractivity contribution in [2.24, 2.45) is 0 Å². The molecule has 4 heterocycles. The molecule has 0 spiro atoms. The van der Waals surface area contributed by atoms with Crippen molar-refractivity contribution in [3.63, 3.8) is 0 Å². The molecule has 6 aliphatic rings. The molecule has 4 aliphatic heterocycles. The van der Waals surface area contributed by atoms with Crippen molar-refractivity contribution in [3.8, 4) is 0 Å². The molecule has 6 nitrogen and oxygen atoms in total. The maximum atomic E-state index is 2.97. The first-order valence-electron chi connectivity index (χ1n) is 30.8. The molecule has 0 atom stereocenters. The lowest BCUT2D eigenvalue weighted by Gasteiger charge is -2.49. The SMILES string of the molecule is CC(C)N(c1ccccc1)c1cc2c3c(c1)N(c1ccccc1)c1cc4c(cc1B3c1ccccc1N2c1ccccc1)B1c2ccccc2N(c2ccccc2)c2cc(N(C3CCCCC3)C3CCCCC3)cc(c21)N4c1ccccc1. The predicted molar refractivity (Wildman–Crippen MR) is 354 cm³/mol. The number of hydrogen-bond donors (Lipinski definition) is 0. The van der Waals surface area contributed by atoms with Gasteiger partial charge >= 0.3 is 0 Å². The third-order valence-electron chi connectivity index (χ3n) is 19.2. The third kappa shape index (κ3) is 8.15. The van der Waals surface area contributed by atoms with Crippen LogP contribution in [0.4, 0.5) is 85.3 Å². The van der Waals surface area contributed by atoms with Gasteiger partial charge in [-0.25, -0.2) is 0 Å². The molecule has 0 aromatic heterocycles. The van der Waals surface area contributed by atoms with Crippen molar-refractivity contribution in [1.29, 1.82) is 0 Å². The van der Waals surface area contributed by atoms with Gasteiger partial charge in [-0.1, -0.05) is 172 Å². The van der Waals surface area contributed by atoms with E-state index in [0.717, 1.165) is 17.1 Å². The second-order valence-electron chi connectivity index (χ2n) is 24.2. The van der Waals surface area contributed by atoms with E-state index in [1.54, 1.807) is 0 Å². The number of para-hydroxylation sites is 7. The summed E-state index contributed by atoms with van der Waals surface area (Å²) < 4.78 is 0. The first-order chi connectivity index (χ1) is 41.1. The van der Waals surface area contributed by atoms with Crippen LogP contribution in [0.3, 0.4) is 0 Å². The minimum absolute atomic E-state index is 0.0539. The van der Waals surface area contributed by atoms with Gasteiger partial charge in [0.15, 0.2) is 0 Å². The Labute approximate surface area is 491 Å². The first-order valence-corrected chi connectivity index (χ1v) is 30.8. The molecule has 404 valence electrons. The van der Waals surface area contributed by atoms with Gasteiger partial charge in [0.1, 0.15) is 0 Å². The van der Waals surface area contributed by atoms with Gasteiger partial charge in [-0.05, 0) is 175 Å². The maximum absolute atomic E-state index is 2.97. The van der Waals surface area contributed by atoms with Crippen molar-refractivity contribution in [2.75, 3.05) is 29.4 Å². The van der Waals surface area contributed by atoms with E-state index in [1.165, 1.54) is 165 Å². The average molecular weight is 1080 g/mol. The van der Waals surface area contributed by atoms with Crippen LogP contribution in [0.15, 0.2) is 237 Å². The summed E-state index contributed by atoms with van der Waals surface area (Å²) in [6.07, 6.45) is 12.9. The van der Waals surface area contributed by atoms with E-state index in [9.17, 15) is 0 Å². The molecule has 10 aromatic rings. The van der Waals surface area contributed by atoms with Crippen LogP contribution in [0, 0.1) is 0 Å². The van der Waals surface area contributed by atoms with E-state index in [0.29, 0.717) is 12.1 Å². The van der Waals surface area contributed by atoms with Gasteiger partial charge in [0, 0.05) is 103 Å². The fraction of sp³-hybridized carbons (Fsp3) is 0.200. The van der Waals surface area contributed by atoms with E-state index < -0.39 is 0 Å². The number of anilines is 15. The second kappa shape index (κ2) is 20.5. The van der Waals surface area contributed by atoms with Crippen LogP contribution >= 0.6 is 0 Å². The molecule has 0 bridgehead atoms. The van der Waals surface area contributed by atoms with E-state index in [2.05, 4.69) is 280 Å². The van der Waals surface area contributed by atoms with Gasteiger partial charge in [0.2, 0.25) is 0 Å². The van der Waals surface area contributed by atoms with Crippen LogP contribution in [0.1, 0.15) is 78.1 Å². The summed E-state index contributed by atoms with van der Waals surface area (Å²) in [5.74, 6) is 0. The second-order valence-corrected chi connectivity index (χ2v) is 24.2. The van der Waals surface area contributed by atoms with Gasteiger partial charge in [-0.15, -0.1) is 0 Å². The maximum Gasteiger partial charge on any atom is 0.252 e. The van der Waals surface area contributed by atoms with E-state index in [-0.39, 0.29) is 19.5 Å². The molecule has 8 heteroatoms. The van der Waals surface area contributed by atoms with E-state index >= 15 is 0 Å². The summed E-state index contributed by atoms with van der Waals surface area (Å²) in [5, 5.41) is 0. The molecule has 0 N–H and O–H groups in total. The summed E-state index contributed by atoms with van der Waals surface area (Å²) in [6, 6.07) is 91.2. The normalized spacial score (nSPS) is 15.9.